The molecule has 190 valence electrons. The Labute approximate surface area is 223 Å². The van der Waals surface area contributed by atoms with Crippen molar-refractivity contribution in [3.8, 4) is 5.69 Å². The third kappa shape index (κ3) is 4.37. The van der Waals surface area contributed by atoms with Crippen molar-refractivity contribution in [2.24, 2.45) is 7.05 Å². The van der Waals surface area contributed by atoms with Gasteiger partial charge in [0.2, 0.25) is 5.91 Å². The van der Waals surface area contributed by atoms with Crippen molar-refractivity contribution >= 4 is 56.6 Å². The van der Waals surface area contributed by atoms with Gasteiger partial charge in [-0.25, -0.2) is 9.18 Å². The van der Waals surface area contributed by atoms with E-state index in [0.29, 0.717) is 27.8 Å². The minimum atomic E-state index is -0.581. The second kappa shape index (κ2) is 9.29. The van der Waals surface area contributed by atoms with E-state index in [0.717, 1.165) is 0 Å². The molecule has 37 heavy (non-hydrogen) atoms. The molecule has 0 unspecified atom stereocenters. The normalized spacial score (nSPS) is 13.1. The van der Waals surface area contributed by atoms with Gasteiger partial charge >= 0.3 is 5.69 Å². The van der Waals surface area contributed by atoms with Gasteiger partial charge in [0.25, 0.3) is 11.1 Å². The van der Waals surface area contributed by atoms with Crippen molar-refractivity contribution in [2.75, 3.05) is 10.6 Å². The summed E-state index contributed by atoms with van der Waals surface area (Å²) in [6.07, 6.45) is 1.34. The van der Waals surface area contributed by atoms with Crippen molar-refractivity contribution in [1.29, 1.82) is 0 Å². The number of halogens is 2. The first-order valence-corrected chi connectivity index (χ1v) is 12.7. The van der Waals surface area contributed by atoms with Crippen LogP contribution in [0.25, 0.3) is 16.6 Å². The van der Waals surface area contributed by atoms with Gasteiger partial charge in [-0.2, -0.15) is 0 Å². The number of benzene rings is 2. The maximum absolute atomic E-state index is 14.8. The van der Waals surface area contributed by atoms with Crippen LogP contribution in [0.5, 0.6) is 0 Å². The minimum Gasteiger partial charge on any atom is -0.338 e. The molecule has 1 fully saturated rings. The lowest BCUT2D eigenvalue weighted by atomic mass is 10.1. The average molecular weight is 621 g/mol. The van der Waals surface area contributed by atoms with Crippen molar-refractivity contribution in [3.63, 3.8) is 0 Å². The van der Waals surface area contributed by atoms with Gasteiger partial charge in [-0.1, -0.05) is 6.07 Å². The van der Waals surface area contributed by atoms with Crippen LogP contribution in [0.1, 0.15) is 31.4 Å². The average Bonchev–Trinajstić information content (AvgIpc) is 3.67. The fraction of sp³-hybridized carbons (Fsp3) is 0.231. The number of hydrogen-bond donors (Lipinski definition) is 2. The molecule has 1 aliphatic carbocycles. The number of rotatable bonds is 5. The van der Waals surface area contributed by atoms with E-state index in [-0.39, 0.29) is 39.9 Å². The molecule has 0 spiro atoms. The molecule has 5 rings (SSSR count). The number of hydrogen-bond acceptors (Lipinski definition) is 5. The molecule has 0 saturated heterocycles. The SMILES string of the molecule is CC(=O)N[13c]1[13cH][13cH][13cH][13c](-n2c(=O)n(C3CC3)c(=O)c3c(Nc4ccc(I)cc4F)n(C)c(=O)c(C)c32)[13cH]1. The monoisotopic (exact) mass is 621 g/mol. The lowest BCUT2D eigenvalue weighted by Gasteiger charge is -2.21. The molecule has 11 heteroatoms. The molecule has 0 aliphatic heterocycles. The van der Waals surface area contributed by atoms with Crippen molar-refractivity contribution in [1.82, 2.24) is 13.7 Å². The van der Waals surface area contributed by atoms with Gasteiger partial charge < -0.3 is 10.6 Å². The summed E-state index contributed by atoms with van der Waals surface area (Å²) in [5.74, 6) is -0.753. The molecule has 2 aromatic heterocycles. The fourth-order valence-corrected chi connectivity index (χ4v) is 4.95. The largest absolute Gasteiger partial charge is 0.338 e. The topological polar surface area (TPSA) is 107 Å². The zero-order valence-electron chi connectivity index (χ0n) is 20.3. The van der Waals surface area contributed by atoms with Crippen molar-refractivity contribution in [2.45, 2.75) is 32.7 Å². The molecule has 0 bridgehead atoms. The standard InChI is InChI=1S/C26H23FIN5O4/c1-13-22-21(23(31(3)24(13)35)30-20-10-7-15(28)11-19(20)27)25(36)33(17-8-9-17)26(37)32(22)18-6-4-5-16(12-18)29-14(2)34/h4-7,10-12,17,30H,8-9H2,1-3H3,(H,29,34)/i4+1,5+1,6+1,12+1,16+1,18+1. The molecule has 2 aromatic carbocycles. The predicted octanol–water partition coefficient (Wildman–Crippen LogP) is 3.94. The number of nitrogens with zero attached hydrogens (tertiary/aromatic N) is 3. The highest BCUT2D eigenvalue weighted by Crippen LogP contribution is 2.34. The zero-order chi connectivity index (χ0) is 26.6. The summed E-state index contributed by atoms with van der Waals surface area (Å²) in [4.78, 5) is 52.6. The van der Waals surface area contributed by atoms with E-state index >= 15 is 0 Å². The Morgan fingerprint density at radius 3 is 2.46 bits per heavy atom. The van der Waals surface area contributed by atoms with E-state index in [2.05, 4.69) is 10.6 Å². The van der Waals surface area contributed by atoms with E-state index in [1.54, 1.807) is 37.3 Å². The van der Waals surface area contributed by atoms with Gasteiger partial charge in [0.05, 0.1) is 16.9 Å². The van der Waals surface area contributed by atoms with E-state index in [4.69, 9.17) is 0 Å². The molecule has 1 saturated carbocycles. The highest BCUT2D eigenvalue weighted by Gasteiger charge is 2.31. The van der Waals surface area contributed by atoms with E-state index in [1.165, 1.54) is 39.8 Å². The second-order valence-electron chi connectivity index (χ2n) is 9.07. The van der Waals surface area contributed by atoms with Crippen LogP contribution < -0.4 is 27.4 Å². The predicted molar refractivity (Wildman–Crippen MR) is 149 cm³/mol. The highest BCUT2D eigenvalue weighted by molar-refractivity contribution is 14.1. The summed E-state index contributed by atoms with van der Waals surface area (Å²) in [6, 6.07) is 10.9. The summed E-state index contributed by atoms with van der Waals surface area (Å²) in [5, 5.41) is 5.72. The number of nitrogens with one attached hydrogen (secondary N) is 2. The van der Waals surface area contributed by atoms with Crippen LogP contribution in [0, 0.1) is 16.3 Å². The number of fused-ring (bicyclic) bond motifs is 1. The number of aromatic nitrogens is 3. The van der Waals surface area contributed by atoms with Gasteiger partial charge in [0.15, 0.2) is 0 Å². The summed E-state index contributed by atoms with van der Waals surface area (Å²) < 4.78 is 19.3. The van der Waals surface area contributed by atoms with Gasteiger partial charge in [-0.15, -0.1) is 0 Å². The quantitative estimate of drug-likeness (QED) is 0.329. The summed E-state index contributed by atoms with van der Waals surface area (Å²) >= 11 is 1.99. The number of amides is 1. The summed E-state index contributed by atoms with van der Waals surface area (Å²) in [6.45, 7) is 2.92. The number of anilines is 3. The Kier molecular flexibility index (Phi) is 6.26. The van der Waals surface area contributed by atoms with Crippen LogP contribution in [-0.2, 0) is 11.8 Å². The first-order chi connectivity index (χ1) is 17.6. The van der Waals surface area contributed by atoms with Gasteiger partial charge in [-0.3, -0.25) is 28.1 Å². The third-order valence-electron chi connectivity index (χ3n) is 6.36. The number of carbonyl (C=O) groups excluding carboxylic acids is 1. The molecule has 9 nitrogen and oxygen atoms in total. The summed E-state index contributed by atoms with van der Waals surface area (Å²) in [5.41, 5.74) is -0.351. The molecule has 4 aromatic rings. The van der Waals surface area contributed by atoms with Gasteiger partial charge in [-0.05, 0) is 78.8 Å². The second-order valence-corrected chi connectivity index (χ2v) is 10.3. The third-order valence-corrected chi connectivity index (χ3v) is 7.04. The number of aryl methyl sites for hydroxylation is 1. The molecule has 2 heterocycles. The first-order valence-electron chi connectivity index (χ1n) is 11.6. The maximum Gasteiger partial charge on any atom is 0.336 e. The molecule has 1 amide bonds. The molecule has 0 atom stereocenters. The van der Waals surface area contributed by atoms with E-state index in [1.807, 2.05) is 22.6 Å². The molecule has 1 aliphatic rings. The lowest BCUT2D eigenvalue weighted by molar-refractivity contribution is -0.114. The van der Waals surface area contributed by atoms with Gasteiger partial charge in [0.1, 0.15) is 17.0 Å². The smallest absolute Gasteiger partial charge is 0.336 e. The van der Waals surface area contributed by atoms with Crippen LogP contribution in [0.15, 0.2) is 56.8 Å². The number of pyridine rings is 1. The minimum absolute atomic E-state index is 0.0804. The number of carbonyl (C=O) groups is 1. The van der Waals surface area contributed by atoms with Crippen LogP contribution >= 0.6 is 22.6 Å². The van der Waals surface area contributed by atoms with Crippen molar-refractivity contribution in [3.05, 3.63) is 88.6 Å². The molecule has 2 N–H and O–H groups in total. The summed E-state index contributed by atoms with van der Waals surface area (Å²) in [7, 11) is 1.50. The van der Waals surface area contributed by atoms with Crippen LogP contribution in [0.2, 0.25) is 0 Å². The van der Waals surface area contributed by atoms with E-state index in [9.17, 15) is 23.6 Å². The maximum atomic E-state index is 14.8. The fourth-order valence-electron chi connectivity index (χ4n) is 4.50. The molecule has 0 radical (unpaired) electrons. The first kappa shape index (κ1) is 24.9. The zero-order valence-corrected chi connectivity index (χ0v) is 22.4. The lowest BCUT2D eigenvalue weighted by Crippen LogP contribution is -2.41. The van der Waals surface area contributed by atoms with Crippen LogP contribution in [0.3, 0.4) is 0 Å². The Morgan fingerprint density at radius 1 is 1.08 bits per heavy atom. The Hall–Kier alpha value is -3.74. The van der Waals surface area contributed by atoms with Crippen LogP contribution in [0.4, 0.5) is 21.6 Å². The Morgan fingerprint density at radius 2 is 1.81 bits per heavy atom. The van der Waals surface area contributed by atoms with E-state index < -0.39 is 22.6 Å². The Balaban J connectivity index is 1.90. The Bertz CT molecular complexity index is 1790. The molecular formula is C26H23FIN5O4. The highest BCUT2D eigenvalue weighted by atomic mass is 127. The molecular weight excluding hydrogens is 598 g/mol. The van der Waals surface area contributed by atoms with Crippen LogP contribution in [-0.4, -0.2) is 19.6 Å². The van der Waals surface area contributed by atoms with Gasteiger partial charge in [0, 0.05) is 34.8 Å². The van der Waals surface area contributed by atoms with Crippen molar-refractivity contribution < 1.29 is 9.18 Å².